The number of nitrogens with two attached hydrogens (primary N) is 1. The summed E-state index contributed by atoms with van der Waals surface area (Å²) in [7, 11) is -2.70. The number of nitrogens with one attached hydrogen (secondary N) is 1. The lowest BCUT2D eigenvalue weighted by atomic mass is 10.2. The summed E-state index contributed by atoms with van der Waals surface area (Å²) >= 11 is 0. The van der Waals surface area contributed by atoms with E-state index in [0.717, 1.165) is 0 Å². The minimum atomic E-state index is -4.01. The molecule has 25 heavy (non-hydrogen) atoms. The smallest absolute Gasteiger partial charge is 0.262 e. The zero-order valence-corrected chi connectivity index (χ0v) is 14.0. The van der Waals surface area contributed by atoms with Crippen molar-refractivity contribution in [2.75, 3.05) is 19.0 Å². The largest absolute Gasteiger partial charge is 0.495 e. The van der Waals surface area contributed by atoms with Crippen LogP contribution in [0.4, 0.5) is 5.69 Å². The summed E-state index contributed by atoms with van der Waals surface area (Å²) in [5, 5.41) is 16.6. The van der Waals surface area contributed by atoms with Gasteiger partial charge < -0.3 is 14.8 Å². The molecule has 0 aromatic heterocycles. The Morgan fingerprint density at radius 3 is 2.60 bits per heavy atom. The fraction of sp³-hybridized carbons (Fsp3) is 0.125. The highest BCUT2D eigenvalue weighted by atomic mass is 32.2. The number of hydrogen-bond donors (Lipinski definition) is 2. The van der Waals surface area contributed by atoms with Gasteiger partial charge in [0.2, 0.25) is 10.0 Å². The second-order valence-corrected chi connectivity index (χ2v) is 6.39. The van der Waals surface area contributed by atoms with Crippen LogP contribution in [0.5, 0.6) is 11.5 Å². The fourth-order valence-corrected chi connectivity index (χ4v) is 2.73. The summed E-state index contributed by atoms with van der Waals surface area (Å²) in [6, 6.07) is 12.5. The van der Waals surface area contributed by atoms with E-state index in [1.54, 1.807) is 24.3 Å². The van der Waals surface area contributed by atoms with Gasteiger partial charge in [0.15, 0.2) is 6.61 Å². The number of benzene rings is 2. The Kier molecular flexibility index (Phi) is 5.59. The van der Waals surface area contributed by atoms with Gasteiger partial charge in [-0.05, 0) is 30.3 Å². The highest BCUT2D eigenvalue weighted by Gasteiger charge is 2.16. The molecule has 1 amide bonds. The zero-order valence-electron chi connectivity index (χ0n) is 13.2. The standard InChI is InChI=1S/C16H15N3O5S/c1-23-14-7-6-12(8-15(14)25(18,21)22)19-16(20)10-24-13-5-3-2-4-11(13)9-17/h2-8H,10H2,1H3,(H,19,20)(H2,18,21,22). The number of anilines is 1. The minimum Gasteiger partial charge on any atom is -0.495 e. The van der Waals surface area contributed by atoms with Gasteiger partial charge in [-0.1, -0.05) is 12.1 Å². The predicted molar refractivity (Wildman–Crippen MR) is 89.6 cm³/mol. The molecule has 0 spiro atoms. The van der Waals surface area contributed by atoms with Crippen molar-refractivity contribution in [2.24, 2.45) is 5.14 Å². The van der Waals surface area contributed by atoms with Crippen molar-refractivity contribution in [3.05, 3.63) is 48.0 Å². The molecule has 8 nitrogen and oxygen atoms in total. The van der Waals surface area contributed by atoms with E-state index in [-0.39, 0.29) is 28.7 Å². The molecule has 0 aliphatic carbocycles. The lowest BCUT2D eigenvalue weighted by molar-refractivity contribution is -0.118. The summed E-state index contributed by atoms with van der Waals surface area (Å²) in [4.78, 5) is 11.7. The number of carbonyl (C=O) groups excluding carboxylic acids is 1. The molecule has 0 radical (unpaired) electrons. The van der Waals surface area contributed by atoms with Crippen molar-refractivity contribution in [1.29, 1.82) is 5.26 Å². The van der Waals surface area contributed by atoms with Crippen LogP contribution in [0, 0.1) is 11.3 Å². The summed E-state index contributed by atoms with van der Waals surface area (Å²) in [6.45, 7) is -0.352. The van der Waals surface area contributed by atoms with Crippen LogP contribution in [0.1, 0.15) is 5.56 Å². The average molecular weight is 361 g/mol. The third-order valence-corrected chi connectivity index (χ3v) is 4.05. The van der Waals surface area contributed by atoms with Gasteiger partial charge in [0.05, 0.1) is 12.7 Å². The third-order valence-electron chi connectivity index (χ3n) is 3.12. The number of amides is 1. The van der Waals surface area contributed by atoms with Crippen molar-refractivity contribution in [1.82, 2.24) is 0 Å². The zero-order chi connectivity index (χ0) is 18.4. The van der Waals surface area contributed by atoms with E-state index in [4.69, 9.17) is 19.9 Å². The van der Waals surface area contributed by atoms with E-state index in [2.05, 4.69) is 5.32 Å². The van der Waals surface area contributed by atoms with Crippen LogP contribution in [0.15, 0.2) is 47.4 Å². The Bertz CT molecular complexity index is 935. The first-order valence-electron chi connectivity index (χ1n) is 6.97. The summed E-state index contributed by atoms with van der Waals surface area (Å²) in [5.74, 6) is -0.182. The molecular weight excluding hydrogens is 346 g/mol. The molecule has 2 aromatic rings. The maximum atomic E-state index is 12.0. The Labute approximate surface area is 144 Å². The summed E-state index contributed by atoms with van der Waals surface area (Å²) < 4.78 is 33.4. The lowest BCUT2D eigenvalue weighted by Crippen LogP contribution is -2.21. The van der Waals surface area contributed by atoms with Crippen LogP contribution in [-0.2, 0) is 14.8 Å². The van der Waals surface area contributed by atoms with Crippen molar-refractivity contribution in [3.8, 4) is 17.6 Å². The van der Waals surface area contributed by atoms with E-state index >= 15 is 0 Å². The van der Waals surface area contributed by atoms with Crippen LogP contribution in [0.3, 0.4) is 0 Å². The maximum Gasteiger partial charge on any atom is 0.262 e. The van der Waals surface area contributed by atoms with E-state index in [1.165, 1.54) is 25.3 Å². The monoisotopic (exact) mass is 361 g/mol. The first-order valence-corrected chi connectivity index (χ1v) is 8.52. The van der Waals surface area contributed by atoms with Gasteiger partial charge in [0, 0.05) is 5.69 Å². The molecule has 0 saturated heterocycles. The number of sulfonamides is 1. The molecule has 0 atom stereocenters. The van der Waals surface area contributed by atoms with E-state index in [1.807, 2.05) is 6.07 Å². The molecule has 0 bridgehead atoms. The molecule has 0 aliphatic rings. The van der Waals surface area contributed by atoms with E-state index < -0.39 is 15.9 Å². The quantitative estimate of drug-likeness (QED) is 0.795. The number of nitrogens with zero attached hydrogens (tertiary/aromatic N) is 1. The fourth-order valence-electron chi connectivity index (χ4n) is 2.00. The molecule has 0 heterocycles. The van der Waals surface area contributed by atoms with Crippen LogP contribution in [-0.4, -0.2) is 28.0 Å². The first kappa shape index (κ1) is 18.3. The molecule has 130 valence electrons. The molecule has 0 aliphatic heterocycles. The van der Waals surface area contributed by atoms with Crippen LogP contribution in [0.25, 0.3) is 0 Å². The molecule has 0 saturated carbocycles. The summed E-state index contributed by atoms with van der Waals surface area (Å²) in [6.07, 6.45) is 0. The third kappa shape index (κ3) is 4.69. The normalized spacial score (nSPS) is 10.6. The predicted octanol–water partition coefficient (Wildman–Crippen LogP) is 1.23. The number of rotatable bonds is 6. The number of primary sulfonamides is 1. The lowest BCUT2D eigenvalue weighted by Gasteiger charge is -2.11. The van der Waals surface area contributed by atoms with Crippen molar-refractivity contribution in [3.63, 3.8) is 0 Å². The van der Waals surface area contributed by atoms with Gasteiger partial charge in [-0.3, -0.25) is 4.79 Å². The number of methoxy groups -OCH3 is 1. The molecule has 2 aromatic carbocycles. The number of ether oxygens (including phenoxy) is 2. The molecular formula is C16H15N3O5S. The van der Waals surface area contributed by atoms with Gasteiger partial charge in [-0.25, -0.2) is 13.6 Å². The first-order chi connectivity index (χ1) is 11.8. The molecule has 9 heteroatoms. The van der Waals surface area contributed by atoms with Crippen LogP contribution >= 0.6 is 0 Å². The molecule has 0 unspecified atom stereocenters. The SMILES string of the molecule is COc1ccc(NC(=O)COc2ccccc2C#N)cc1S(N)(=O)=O. The van der Waals surface area contributed by atoms with Gasteiger partial charge in [-0.2, -0.15) is 5.26 Å². The summed E-state index contributed by atoms with van der Waals surface area (Å²) in [5.41, 5.74) is 0.517. The Morgan fingerprint density at radius 2 is 1.96 bits per heavy atom. The molecule has 0 fully saturated rings. The molecule has 3 N–H and O–H groups in total. The Hall–Kier alpha value is -3.09. The van der Waals surface area contributed by atoms with Gasteiger partial charge in [0.1, 0.15) is 22.5 Å². The molecule has 2 rings (SSSR count). The highest BCUT2D eigenvalue weighted by molar-refractivity contribution is 7.89. The van der Waals surface area contributed by atoms with Gasteiger partial charge >= 0.3 is 0 Å². The highest BCUT2D eigenvalue weighted by Crippen LogP contribution is 2.26. The van der Waals surface area contributed by atoms with E-state index in [9.17, 15) is 13.2 Å². The number of para-hydroxylation sites is 1. The van der Waals surface area contributed by atoms with Crippen LogP contribution < -0.4 is 19.9 Å². The minimum absolute atomic E-state index is 0.0692. The second-order valence-electron chi connectivity index (χ2n) is 4.86. The Balaban J connectivity index is 2.10. The topological polar surface area (TPSA) is 132 Å². The van der Waals surface area contributed by atoms with Gasteiger partial charge in [-0.15, -0.1) is 0 Å². The second kappa shape index (κ2) is 7.65. The van der Waals surface area contributed by atoms with Crippen molar-refractivity contribution in [2.45, 2.75) is 4.90 Å². The maximum absolute atomic E-state index is 12.0. The average Bonchev–Trinajstić information content (AvgIpc) is 2.59. The number of hydrogen-bond acceptors (Lipinski definition) is 6. The Morgan fingerprint density at radius 1 is 1.24 bits per heavy atom. The van der Waals surface area contributed by atoms with E-state index in [0.29, 0.717) is 5.56 Å². The van der Waals surface area contributed by atoms with Crippen molar-refractivity contribution >= 4 is 21.6 Å². The number of carbonyl (C=O) groups is 1. The van der Waals surface area contributed by atoms with Gasteiger partial charge in [0.25, 0.3) is 5.91 Å². The van der Waals surface area contributed by atoms with Crippen LogP contribution in [0.2, 0.25) is 0 Å². The van der Waals surface area contributed by atoms with Crippen molar-refractivity contribution < 1.29 is 22.7 Å². The number of nitriles is 1.